The van der Waals surface area contributed by atoms with Crippen LogP contribution in [0.1, 0.15) is 45.0 Å². The number of phenolic OH excluding ortho intramolecular Hbond substituents is 1. The van der Waals surface area contributed by atoms with Crippen LogP contribution in [0.15, 0.2) is 25.7 Å². The Kier molecular flexibility index (Phi) is 6.07. The van der Waals surface area contributed by atoms with E-state index in [1.54, 1.807) is 26.8 Å². The Morgan fingerprint density at radius 1 is 1.31 bits per heavy atom. The van der Waals surface area contributed by atoms with Crippen LogP contribution in [-0.2, 0) is 9.53 Å². The quantitative estimate of drug-likeness (QED) is 0.619. The van der Waals surface area contributed by atoms with Crippen LogP contribution < -0.4 is 0 Å². The van der Waals surface area contributed by atoms with E-state index in [4.69, 9.17) is 9.15 Å². The van der Waals surface area contributed by atoms with E-state index in [1.807, 2.05) is 13.8 Å². The smallest absolute Gasteiger partial charge is 0.326 e. The zero-order valence-corrected chi connectivity index (χ0v) is 18.4. The van der Waals surface area contributed by atoms with Gasteiger partial charge in [0.1, 0.15) is 29.7 Å². The molecular weight excluding hydrogens is 470 g/mol. The monoisotopic (exact) mass is 489 g/mol. The van der Waals surface area contributed by atoms with E-state index in [0.29, 0.717) is 19.9 Å². The second-order valence-electron chi connectivity index (χ2n) is 7.16. The summed E-state index contributed by atoms with van der Waals surface area (Å²) in [5.41, 5.74) is 0.0597. The number of halogens is 2. The fourth-order valence-corrected chi connectivity index (χ4v) is 3.72. The summed E-state index contributed by atoms with van der Waals surface area (Å²) in [6, 6.07) is 1.35. The molecule has 1 amide bonds. The van der Waals surface area contributed by atoms with Gasteiger partial charge < -0.3 is 19.2 Å². The highest BCUT2D eigenvalue weighted by atomic mass is 79.9. The fraction of sp³-hybridized carbons (Fsp3) is 0.444. The first-order valence-corrected chi connectivity index (χ1v) is 9.62. The van der Waals surface area contributed by atoms with Crippen molar-refractivity contribution in [2.24, 2.45) is 0 Å². The molecule has 0 saturated heterocycles. The number of phenols is 1. The van der Waals surface area contributed by atoms with Gasteiger partial charge >= 0.3 is 5.97 Å². The predicted molar refractivity (Wildman–Crippen MR) is 105 cm³/mol. The van der Waals surface area contributed by atoms with Crippen LogP contribution in [-0.4, -0.2) is 40.1 Å². The number of amides is 1. The molecule has 0 unspecified atom stereocenters. The SMILES string of the molecule is CC(C)N(CC(=O)OC(C)(C)C)C(=O)c1coc2cc(Br)c(O)c(Br)c12. The van der Waals surface area contributed by atoms with Crippen LogP contribution in [0, 0.1) is 0 Å². The van der Waals surface area contributed by atoms with E-state index in [2.05, 4.69) is 31.9 Å². The molecular formula is C18H21Br2NO5. The lowest BCUT2D eigenvalue weighted by atomic mass is 10.1. The maximum absolute atomic E-state index is 13.1. The number of esters is 1. The number of fused-ring (bicyclic) bond motifs is 1. The lowest BCUT2D eigenvalue weighted by Gasteiger charge is -2.27. The van der Waals surface area contributed by atoms with Gasteiger partial charge in [-0.25, -0.2) is 0 Å². The number of carbonyl (C=O) groups excluding carboxylic acids is 2. The van der Waals surface area contributed by atoms with Gasteiger partial charge in [0.2, 0.25) is 0 Å². The summed E-state index contributed by atoms with van der Waals surface area (Å²) in [5, 5.41) is 10.6. The maximum Gasteiger partial charge on any atom is 0.326 e. The molecule has 8 heteroatoms. The van der Waals surface area contributed by atoms with E-state index < -0.39 is 11.6 Å². The number of hydrogen-bond acceptors (Lipinski definition) is 5. The second-order valence-corrected chi connectivity index (χ2v) is 8.80. The van der Waals surface area contributed by atoms with E-state index >= 15 is 0 Å². The molecule has 0 atom stereocenters. The Hall–Kier alpha value is -1.54. The van der Waals surface area contributed by atoms with Crippen LogP contribution in [0.25, 0.3) is 11.0 Å². The summed E-state index contributed by atoms with van der Waals surface area (Å²) >= 11 is 6.53. The van der Waals surface area contributed by atoms with Crippen LogP contribution in [0.5, 0.6) is 5.75 Å². The average Bonchev–Trinajstić information content (AvgIpc) is 2.91. The first-order valence-electron chi connectivity index (χ1n) is 8.03. The minimum atomic E-state index is -0.633. The number of furan rings is 1. The van der Waals surface area contributed by atoms with Gasteiger partial charge in [0.05, 0.1) is 19.9 Å². The zero-order chi connectivity index (χ0) is 19.8. The number of carbonyl (C=O) groups is 2. The van der Waals surface area contributed by atoms with Gasteiger partial charge in [0.15, 0.2) is 0 Å². The van der Waals surface area contributed by atoms with Gasteiger partial charge in [0.25, 0.3) is 5.91 Å². The largest absolute Gasteiger partial charge is 0.506 e. The summed E-state index contributed by atoms with van der Waals surface area (Å²) in [5.74, 6) is -0.903. The van der Waals surface area contributed by atoms with Crippen molar-refractivity contribution in [1.29, 1.82) is 0 Å². The molecule has 0 aliphatic rings. The first kappa shape index (κ1) is 20.8. The van der Waals surface area contributed by atoms with Crippen molar-refractivity contribution in [3.05, 3.63) is 26.8 Å². The molecule has 26 heavy (non-hydrogen) atoms. The summed E-state index contributed by atoms with van der Waals surface area (Å²) in [4.78, 5) is 26.6. The molecule has 0 spiro atoms. The standard InChI is InChI=1S/C18H21Br2NO5/c1-9(2)21(7-13(22)26-18(3,4)5)17(24)10-8-25-12-6-11(19)16(23)15(20)14(10)12/h6,8-9,23H,7H2,1-5H3. The normalized spacial score (nSPS) is 11.8. The first-order chi connectivity index (χ1) is 11.9. The van der Waals surface area contributed by atoms with Crippen molar-refractivity contribution in [1.82, 2.24) is 4.90 Å². The third-order valence-corrected chi connectivity index (χ3v) is 4.94. The molecule has 0 aliphatic carbocycles. The third-order valence-electron chi connectivity index (χ3n) is 3.56. The zero-order valence-electron chi connectivity index (χ0n) is 15.2. The van der Waals surface area contributed by atoms with Gasteiger partial charge in [0, 0.05) is 6.04 Å². The van der Waals surface area contributed by atoms with Crippen molar-refractivity contribution < 1.29 is 23.8 Å². The molecule has 0 aliphatic heterocycles. The van der Waals surface area contributed by atoms with Crippen LogP contribution in [0.2, 0.25) is 0 Å². The minimum absolute atomic E-state index is 0.0313. The molecule has 2 aromatic rings. The van der Waals surface area contributed by atoms with Gasteiger partial charge in [-0.15, -0.1) is 0 Å². The number of nitrogens with zero attached hydrogens (tertiary/aromatic N) is 1. The number of aromatic hydroxyl groups is 1. The minimum Gasteiger partial charge on any atom is -0.506 e. The van der Waals surface area contributed by atoms with Crippen molar-refractivity contribution in [2.45, 2.75) is 46.3 Å². The molecule has 0 bridgehead atoms. The Balaban J connectivity index is 2.40. The second kappa shape index (κ2) is 7.60. The van der Waals surface area contributed by atoms with Crippen molar-refractivity contribution in [3.8, 4) is 5.75 Å². The fourth-order valence-electron chi connectivity index (χ4n) is 2.43. The van der Waals surface area contributed by atoms with Crippen molar-refractivity contribution >= 4 is 54.7 Å². The Labute approximate surface area is 168 Å². The topological polar surface area (TPSA) is 80.0 Å². The van der Waals surface area contributed by atoms with Crippen LogP contribution in [0.3, 0.4) is 0 Å². The highest BCUT2D eigenvalue weighted by Gasteiger charge is 2.28. The van der Waals surface area contributed by atoms with Gasteiger partial charge in [-0.1, -0.05) is 0 Å². The van der Waals surface area contributed by atoms with E-state index in [1.165, 1.54) is 11.2 Å². The van der Waals surface area contributed by atoms with Crippen molar-refractivity contribution in [2.75, 3.05) is 6.54 Å². The number of hydrogen-bond donors (Lipinski definition) is 1. The Morgan fingerprint density at radius 2 is 1.92 bits per heavy atom. The average molecular weight is 491 g/mol. The summed E-state index contributed by atoms with van der Waals surface area (Å²) in [7, 11) is 0. The maximum atomic E-state index is 13.1. The van der Waals surface area contributed by atoms with E-state index in [9.17, 15) is 14.7 Å². The number of ether oxygens (including phenoxy) is 1. The van der Waals surface area contributed by atoms with Gasteiger partial charge in [-0.05, 0) is 72.5 Å². The number of benzene rings is 1. The molecule has 1 aromatic heterocycles. The summed E-state index contributed by atoms with van der Waals surface area (Å²) in [6.07, 6.45) is 1.33. The lowest BCUT2D eigenvalue weighted by molar-refractivity contribution is -0.155. The molecule has 142 valence electrons. The molecule has 0 radical (unpaired) electrons. The summed E-state index contributed by atoms with van der Waals surface area (Å²) in [6.45, 7) is 8.76. The van der Waals surface area contributed by atoms with E-state index in [0.717, 1.165) is 0 Å². The van der Waals surface area contributed by atoms with E-state index in [-0.39, 0.29) is 29.8 Å². The molecule has 1 aromatic carbocycles. The molecule has 0 saturated carbocycles. The number of rotatable bonds is 4. The third kappa shape index (κ3) is 4.40. The van der Waals surface area contributed by atoms with Gasteiger partial charge in [-0.2, -0.15) is 0 Å². The van der Waals surface area contributed by atoms with Crippen LogP contribution >= 0.6 is 31.9 Å². The van der Waals surface area contributed by atoms with Gasteiger partial charge in [-0.3, -0.25) is 9.59 Å². The highest BCUT2D eigenvalue weighted by molar-refractivity contribution is 9.11. The Morgan fingerprint density at radius 3 is 2.46 bits per heavy atom. The molecule has 0 fully saturated rings. The lowest BCUT2D eigenvalue weighted by Crippen LogP contribution is -2.42. The predicted octanol–water partition coefficient (Wildman–Crippen LogP) is 4.86. The molecule has 6 nitrogen and oxygen atoms in total. The molecule has 2 rings (SSSR count). The molecule has 1 N–H and O–H groups in total. The highest BCUT2D eigenvalue weighted by Crippen LogP contribution is 2.41. The van der Waals surface area contributed by atoms with Crippen LogP contribution in [0.4, 0.5) is 0 Å². The van der Waals surface area contributed by atoms with Crippen molar-refractivity contribution in [3.63, 3.8) is 0 Å². The summed E-state index contributed by atoms with van der Waals surface area (Å²) < 4.78 is 11.6. The Bertz CT molecular complexity index is 851. The molecule has 1 heterocycles.